The van der Waals surface area contributed by atoms with Crippen LogP contribution < -0.4 is 4.74 Å². The third-order valence-corrected chi connectivity index (χ3v) is 5.29. The van der Waals surface area contributed by atoms with Crippen LogP contribution in [0.5, 0.6) is 5.88 Å². The second-order valence-electron chi connectivity index (χ2n) is 7.45. The van der Waals surface area contributed by atoms with Crippen molar-refractivity contribution in [3.05, 3.63) is 35.9 Å². The number of hydrogen-bond donors (Lipinski definition) is 0. The smallest absolute Gasteiger partial charge is 0.291 e. The van der Waals surface area contributed by atoms with Gasteiger partial charge in [0.2, 0.25) is 11.6 Å². The minimum absolute atomic E-state index is 0.109. The van der Waals surface area contributed by atoms with Crippen LogP contribution in [0.3, 0.4) is 0 Å². The van der Waals surface area contributed by atoms with Crippen molar-refractivity contribution in [3.63, 3.8) is 0 Å². The molecule has 8 nitrogen and oxygen atoms in total. The molecule has 4 rings (SSSR count). The summed E-state index contributed by atoms with van der Waals surface area (Å²) >= 11 is 0. The Balaban J connectivity index is 1.26. The molecule has 2 aliphatic heterocycles. The molecule has 0 aliphatic carbocycles. The summed E-state index contributed by atoms with van der Waals surface area (Å²) in [6, 6.07) is 0. The number of rotatable bonds is 5. The number of aryl methyl sites for hydroxylation is 2. The Morgan fingerprint density at radius 3 is 2.96 bits per heavy atom. The largest absolute Gasteiger partial charge is 0.477 e. The lowest BCUT2D eigenvalue weighted by molar-refractivity contribution is -0.167. The van der Waals surface area contributed by atoms with E-state index in [1.807, 2.05) is 6.92 Å². The molecule has 2 aliphatic rings. The van der Waals surface area contributed by atoms with E-state index in [4.69, 9.17) is 13.9 Å². The van der Waals surface area contributed by atoms with Crippen LogP contribution in [0, 0.1) is 19.8 Å². The van der Waals surface area contributed by atoms with Crippen molar-refractivity contribution >= 4 is 5.91 Å². The predicted octanol–water partition coefficient (Wildman–Crippen LogP) is 2.17. The Morgan fingerprint density at radius 1 is 1.37 bits per heavy atom. The van der Waals surface area contributed by atoms with Crippen molar-refractivity contribution < 1.29 is 18.7 Å². The topological polar surface area (TPSA) is 90.6 Å². The van der Waals surface area contributed by atoms with Crippen molar-refractivity contribution in [1.29, 1.82) is 0 Å². The van der Waals surface area contributed by atoms with E-state index >= 15 is 0 Å². The molecule has 2 saturated heterocycles. The summed E-state index contributed by atoms with van der Waals surface area (Å²) in [6.45, 7) is 6.21. The number of amides is 1. The predicted molar refractivity (Wildman–Crippen MR) is 95.4 cm³/mol. The summed E-state index contributed by atoms with van der Waals surface area (Å²) in [5.41, 5.74) is 1.24. The monoisotopic (exact) mass is 372 g/mol. The second kappa shape index (κ2) is 7.26. The molecule has 0 radical (unpaired) electrons. The summed E-state index contributed by atoms with van der Waals surface area (Å²) in [4.78, 5) is 26.6. The fourth-order valence-corrected chi connectivity index (χ4v) is 3.88. The Labute approximate surface area is 157 Å². The lowest BCUT2D eigenvalue weighted by Crippen LogP contribution is -2.66. The summed E-state index contributed by atoms with van der Waals surface area (Å²) in [5.74, 6) is 1.30. The van der Waals surface area contributed by atoms with E-state index in [0.717, 1.165) is 31.6 Å². The molecule has 1 atom stereocenters. The molecule has 144 valence electrons. The molecule has 2 aromatic heterocycles. The van der Waals surface area contributed by atoms with Gasteiger partial charge in [-0.15, -0.1) is 0 Å². The van der Waals surface area contributed by atoms with Crippen LogP contribution in [0.4, 0.5) is 0 Å². The van der Waals surface area contributed by atoms with E-state index in [-0.39, 0.29) is 11.5 Å². The Kier molecular flexibility index (Phi) is 4.82. The van der Waals surface area contributed by atoms with Gasteiger partial charge in [-0.25, -0.2) is 9.97 Å². The van der Waals surface area contributed by atoms with E-state index in [1.54, 1.807) is 24.2 Å². The van der Waals surface area contributed by atoms with Gasteiger partial charge in [0.25, 0.3) is 5.91 Å². The molecule has 0 bridgehead atoms. The van der Waals surface area contributed by atoms with E-state index < -0.39 is 0 Å². The Morgan fingerprint density at radius 2 is 2.22 bits per heavy atom. The van der Waals surface area contributed by atoms with Crippen molar-refractivity contribution in [3.8, 4) is 5.88 Å². The number of carbonyl (C=O) groups is 1. The lowest BCUT2D eigenvalue weighted by Gasteiger charge is -2.53. The van der Waals surface area contributed by atoms with Crippen LogP contribution in [0.15, 0.2) is 23.2 Å². The number of aromatic nitrogens is 3. The summed E-state index contributed by atoms with van der Waals surface area (Å²) < 4.78 is 17.0. The van der Waals surface area contributed by atoms with Gasteiger partial charge in [-0.05, 0) is 39.0 Å². The maximum absolute atomic E-state index is 12.5. The molecule has 27 heavy (non-hydrogen) atoms. The highest BCUT2D eigenvalue weighted by Gasteiger charge is 2.49. The van der Waals surface area contributed by atoms with Crippen LogP contribution >= 0.6 is 0 Å². The van der Waals surface area contributed by atoms with Crippen molar-refractivity contribution in [2.45, 2.75) is 38.7 Å². The zero-order chi connectivity index (χ0) is 18.9. The number of hydrogen-bond acceptors (Lipinski definition) is 7. The molecular weight excluding hydrogens is 348 g/mol. The summed E-state index contributed by atoms with van der Waals surface area (Å²) in [5, 5.41) is 0. The second-order valence-corrected chi connectivity index (χ2v) is 7.45. The first kappa shape index (κ1) is 17.9. The number of carbonyl (C=O) groups excluding carboxylic acids is 1. The number of likely N-dealkylation sites (tertiary alicyclic amines) is 1. The van der Waals surface area contributed by atoms with Crippen molar-refractivity contribution in [1.82, 2.24) is 19.9 Å². The average Bonchev–Trinajstić information content (AvgIpc) is 3.05. The minimum atomic E-state index is -0.227. The zero-order valence-electron chi connectivity index (χ0n) is 15.7. The van der Waals surface area contributed by atoms with Gasteiger partial charge < -0.3 is 18.8 Å². The molecule has 4 heterocycles. The van der Waals surface area contributed by atoms with E-state index in [1.165, 1.54) is 6.39 Å². The van der Waals surface area contributed by atoms with Gasteiger partial charge in [-0.3, -0.25) is 9.78 Å². The fraction of sp³-hybridized carbons (Fsp3) is 0.579. The maximum atomic E-state index is 12.5. The van der Waals surface area contributed by atoms with E-state index in [9.17, 15) is 4.79 Å². The van der Waals surface area contributed by atoms with Crippen molar-refractivity contribution in [2.75, 3.05) is 26.3 Å². The standard InChI is InChI=1S/C19H24N4O4/c1-13-8-20-9-16(22-13)25-5-3-15-4-6-27-19(7-15)10-23(11-19)18(24)17-14(2)21-12-26-17/h8-9,12,15H,3-7,10-11H2,1-2H3. The first-order valence-electron chi connectivity index (χ1n) is 9.29. The fourth-order valence-electron chi connectivity index (χ4n) is 3.88. The highest BCUT2D eigenvalue weighted by molar-refractivity contribution is 5.93. The quantitative estimate of drug-likeness (QED) is 0.794. The van der Waals surface area contributed by atoms with Gasteiger partial charge in [-0.1, -0.05) is 0 Å². The molecule has 1 spiro atoms. The lowest BCUT2D eigenvalue weighted by atomic mass is 9.79. The molecule has 1 unspecified atom stereocenters. The third kappa shape index (κ3) is 3.80. The highest BCUT2D eigenvalue weighted by Crippen LogP contribution is 2.38. The average molecular weight is 372 g/mol. The van der Waals surface area contributed by atoms with Gasteiger partial charge in [0.15, 0.2) is 6.39 Å². The SMILES string of the molecule is Cc1cncc(OCCC2CCOC3(C2)CN(C(=O)c2ocnc2C)C3)n1. The third-order valence-electron chi connectivity index (χ3n) is 5.29. The van der Waals surface area contributed by atoms with Crippen LogP contribution in [0.25, 0.3) is 0 Å². The van der Waals surface area contributed by atoms with Gasteiger partial charge in [0.05, 0.1) is 37.3 Å². The van der Waals surface area contributed by atoms with Crippen LogP contribution in [0.1, 0.15) is 41.2 Å². The minimum Gasteiger partial charge on any atom is -0.477 e. The molecule has 2 fully saturated rings. The van der Waals surface area contributed by atoms with Gasteiger partial charge >= 0.3 is 0 Å². The summed E-state index contributed by atoms with van der Waals surface area (Å²) in [7, 11) is 0. The van der Waals surface area contributed by atoms with Crippen LogP contribution in [-0.4, -0.2) is 57.7 Å². The van der Waals surface area contributed by atoms with E-state index in [0.29, 0.717) is 42.9 Å². The number of oxazole rings is 1. The highest BCUT2D eigenvalue weighted by atomic mass is 16.5. The molecule has 0 N–H and O–H groups in total. The van der Waals surface area contributed by atoms with Gasteiger partial charge in [-0.2, -0.15) is 0 Å². The molecule has 0 saturated carbocycles. The summed E-state index contributed by atoms with van der Waals surface area (Å²) in [6.07, 6.45) is 7.55. The van der Waals surface area contributed by atoms with Gasteiger partial charge in [0, 0.05) is 12.8 Å². The van der Waals surface area contributed by atoms with E-state index in [2.05, 4.69) is 15.0 Å². The molecule has 8 heteroatoms. The Hall–Kier alpha value is -2.48. The zero-order valence-corrected chi connectivity index (χ0v) is 15.7. The normalized spacial score (nSPS) is 21.1. The maximum Gasteiger partial charge on any atom is 0.291 e. The molecule has 1 amide bonds. The van der Waals surface area contributed by atoms with Crippen LogP contribution in [-0.2, 0) is 4.74 Å². The first-order valence-corrected chi connectivity index (χ1v) is 9.29. The van der Waals surface area contributed by atoms with Crippen molar-refractivity contribution in [2.24, 2.45) is 5.92 Å². The molecular formula is C19H24N4O4. The molecule has 0 aromatic carbocycles. The first-order chi connectivity index (χ1) is 13.0. The molecule has 2 aromatic rings. The van der Waals surface area contributed by atoms with Crippen LogP contribution in [0.2, 0.25) is 0 Å². The number of nitrogens with zero attached hydrogens (tertiary/aromatic N) is 4. The Bertz CT molecular complexity index is 816. The number of ether oxygens (including phenoxy) is 2. The van der Waals surface area contributed by atoms with Gasteiger partial charge in [0.1, 0.15) is 5.60 Å².